The summed E-state index contributed by atoms with van der Waals surface area (Å²) in [6.07, 6.45) is 12.7. The van der Waals surface area contributed by atoms with Crippen LogP contribution in [0.25, 0.3) is 0 Å². The molecule has 1 saturated carbocycles. The summed E-state index contributed by atoms with van der Waals surface area (Å²) in [6.45, 7) is 21.7. The van der Waals surface area contributed by atoms with Crippen molar-refractivity contribution in [2.45, 2.75) is 127 Å². The molecule has 6 nitrogen and oxygen atoms in total. The second-order valence-electron chi connectivity index (χ2n) is 16.8. The first-order chi connectivity index (χ1) is 19.9. The molecule has 0 radical (unpaired) electrons. The van der Waals surface area contributed by atoms with Gasteiger partial charge in [-0.15, -0.1) is 0 Å². The van der Waals surface area contributed by atoms with Gasteiger partial charge in [0.1, 0.15) is 6.07 Å². The third-order valence-electron chi connectivity index (χ3n) is 12.9. The Bertz CT molecular complexity index is 1250. The SMILES string of the molecule is CCC(C)(C)CC[C@@](C)(CC[C@]1(C)CC(=O)C=C2[C@@]3(C)C=C(C#N)C(=O)C(C)(C)[C@@H]3CC[C@]21C)COC(=O)N1CCCC1. The van der Waals surface area contributed by atoms with E-state index < -0.39 is 10.8 Å². The van der Waals surface area contributed by atoms with E-state index in [1.165, 1.54) is 0 Å². The minimum absolute atomic E-state index is 0.0330. The summed E-state index contributed by atoms with van der Waals surface area (Å²) in [5.41, 5.74) is -0.443. The predicted octanol–water partition coefficient (Wildman–Crippen LogP) is 8.61. The van der Waals surface area contributed by atoms with E-state index >= 15 is 0 Å². The lowest BCUT2D eigenvalue weighted by Gasteiger charge is -2.63. The smallest absolute Gasteiger partial charge is 0.409 e. The highest BCUT2D eigenvalue weighted by molar-refractivity contribution is 6.04. The van der Waals surface area contributed by atoms with E-state index in [-0.39, 0.29) is 50.8 Å². The Hall–Kier alpha value is -2.42. The van der Waals surface area contributed by atoms with Gasteiger partial charge in [-0.3, -0.25) is 9.59 Å². The number of carbonyl (C=O) groups is 3. The number of hydrogen-bond acceptors (Lipinski definition) is 5. The largest absolute Gasteiger partial charge is 0.449 e. The molecule has 1 aliphatic heterocycles. The molecule has 5 atom stereocenters. The molecular weight excluding hydrogens is 536 g/mol. The van der Waals surface area contributed by atoms with Crippen LogP contribution in [0.15, 0.2) is 23.3 Å². The molecule has 0 N–H and O–H groups in total. The van der Waals surface area contributed by atoms with Crippen LogP contribution < -0.4 is 0 Å². The molecule has 2 fully saturated rings. The summed E-state index contributed by atoms with van der Waals surface area (Å²) in [6, 6.07) is 2.18. The predicted molar refractivity (Wildman–Crippen MR) is 170 cm³/mol. The van der Waals surface area contributed by atoms with Gasteiger partial charge in [0.15, 0.2) is 11.6 Å². The van der Waals surface area contributed by atoms with Crippen LogP contribution in [0.2, 0.25) is 0 Å². The summed E-state index contributed by atoms with van der Waals surface area (Å²) < 4.78 is 6.00. The molecule has 0 spiro atoms. The van der Waals surface area contributed by atoms with Crippen molar-refractivity contribution in [1.29, 1.82) is 5.26 Å². The Morgan fingerprint density at radius 1 is 1.07 bits per heavy atom. The molecule has 0 unspecified atom stereocenters. The number of amides is 1. The van der Waals surface area contributed by atoms with Crippen molar-refractivity contribution in [3.05, 3.63) is 23.3 Å². The third kappa shape index (κ3) is 5.99. The first kappa shape index (κ1) is 33.5. The summed E-state index contributed by atoms with van der Waals surface area (Å²) in [4.78, 5) is 41.5. The molecular formula is C37H56N2O4. The van der Waals surface area contributed by atoms with Gasteiger partial charge in [-0.25, -0.2) is 4.79 Å². The maximum Gasteiger partial charge on any atom is 0.409 e. The summed E-state index contributed by atoms with van der Waals surface area (Å²) in [5.74, 6) is 0.0826. The number of carbonyl (C=O) groups excluding carboxylic acids is 3. The average molecular weight is 593 g/mol. The minimum Gasteiger partial charge on any atom is -0.449 e. The van der Waals surface area contributed by atoms with E-state index in [1.807, 2.05) is 30.9 Å². The van der Waals surface area contributed by atoms with Gasteiger partial charge in [-0.05, 0) is 79.6 Å². The van der Waals surface area contributed by atoms with Crippen LogP contribution in [0.5, 0.6) is 0 Å². The highest BCUT2D eigenvalue weighted by Crippen LogP contribution is 2.69. The number of Topliss-reactive ketones (excluding diaryl/α,β-unsaturated/α-hetero) is 1. The normalized spacial score (nSPS) is 33.5. The van der Waals surface area contributed by atoms with E-state index in [0.29, 0.717) is 13.0 Å². The molecule has 0 aromatic carbocycles. The number of fused-ring (bicyclic) bond motifs is 3. The van der Waals surface area contributed by atoms with Gasteiger partial charge in [-0.1, -0.05) is 80.4 Å². The van der Waals surface area contributed by atoms with E-state index in [4.69, 9.17) is 4.74 Å². The number of hydrogen-bond donors (Lipinski definition) is 0. The molecule has 1 amide bonds. The van der Waals surface area contributed by atoms with Crippen LogP contribution >= 0.6 is 0 Å². The molecule has 0 bridgehead atoms. The molecule has 4 aliphatic rings. The molecule has 1 heterocycles. The molecule has 43 heavy (non-hydrogen) atoms. The number of rotatable bonds is 9. The van der Waals surface area contributed by atoms with Crippen LogP contribution in [0.3, 0.4) is 0 Å². The minimum atomic E-state index is -0.669. The molecule has 1 saturated heterocycles. The van der Waals surface area contributed by atoms with Gasteiger partial charge >= 0.3 is 6.09 Å². The first-order valence-electron chi connectivity index (χ1n) is 16.7. The van der Waals surface area contributed by atoms with E-state index in [2.05, 4.69) is 54.5 Å². The van der Waals surface area contributed by atoms with E-state index in [0.717, 1.165) is 76.5 Å². The fraction of sp³-hybridized carbons (Fsp3) is 0.784. The summed E-state index contributed by atoms with van der Waals surface area (Å²) in [7, 11) is 0. The molecule has 6 heteroatoms. The second-order valence-corrected chi connectivity index (χ2v) is 16.8. The van der Waals surface area contributed by atoms with Gasteiger partial charge in [0.2, 0.25) is 0 Å². The standard InChI is InChI=1S/C37H56N2O4/c1-10-32(2,3)15-16-34(6,25-43-31(42)39-19-11-12-20-39)17-18-35(7)23-27(40)21-29-36(8)22-26(24-38)30(41)33(4,5)28(36)13-14-37(29,35)9/h21-22,28H,10-20,23,25H2,1-9H3/t28-,34-,35+,36-,37+/m0/s1. The fourth-order valence-electron chi connectivity index (χ4n) is 8.88. The van der Waals surface area contributed by atoms with Gasteiger partial charge in [0, 0.05) is 35.8 Å². The number of allylic oxidation sites excluding steroid dienone is 4. The lowest BCUT2D eigenvalue weighted by Crippen LogP contribution is -2.57. The Balaban J connectivity index is 1.63. The van der Waals surface area contributed by atoms with Gasteiger partial charge in [0.25, 0.3) is 0 Å². The topological polar surface area (TPSA) is 87.5 Å². The average Bonchev–Trinajstić information content (AvgIpc) is 3.49. The Morgan fingerprint density at radius 3 is 2.33 bits per heavy atom. The summed E-state index contributed by atoms with van der Waals surface area (Å²) in [5, 5.41) is 9.91. The van der Waals surface area contributed by atoms with Crippen molar-refractivity contribution in [1.82, 2.24) is 4.90 Å². The Kier molecular flexibility index (Phi) is 8.95. The van der Waals surface area contributed by atoms with E-state index in [9.17, 15) is 19.6 Å². The lowest BCUT2D eigenvalue weighted by atomic mass is 9.40. The van der Waals surface area contributed by atoms with Crippen LogP contribution in [0, 0.1) is 49.7 Å². The van der Waals surface area contributed by atoms with Crippen molar-refractivity contribution in [2.75, 3.05) is 19.7 Å². The van der Waals surface area contributed by atoms with Gasteiger partial charge < -0.3 is 9.64 Å². The molecule has 238 valence electrons. The fourth-order valence-corrected chi connectivity index (χ4v) is 8.88. The zero-order valence-corrected chi connectivity index (χ0v) is 28.5. The van der Waals surface area contributed by atoms with Crippen LogP contribution in [0.4, 0.5) is 4.79 Å². The first-order valence-corrected chi connectivity index (χ1v) is 16.7. The summed E-state index contributed by atoms with van der Waals surface area (Å²) >= 11 is 0. The van der Waals surface area contributed by atoms with Crippen LogP contribution in [-0.4, -0.2) is 42.3 Å². The number of ether oxygens (including phenoxy) is 1. The number of nitrogens with zero attached hydrogens (tertiary/aromatic N) is 2. The molecule has 3 aliphatic carbocycles. The van der Waals surface area contributed by atoms with E-state index in [1.54, 1.807) is 0 Å². The molecule has 0 aromatic rings. The Labute approximate surface area is 260 Å². The Morgan fingerprint density at radius 2 is 1.72 bits per heavy atom. The van der Waals surface area contributed by atoms with Crippen molar-refractivity contribution in [3.8, 4) is 6.07 Å². The highest BCUT2D eigenvalue weighted by Gasteiger charge is 2.63. The number of nitriles is 1. The lowest BCUT2D eigenvalue weighted by molar-refractivity contribution is -0.133. The monoisotopic (exact) mass is 592 g/mol. The van der Waals surface area contributed by atoms with Crippen molar-refractivity contribution in [3.63, 3.8) is 0 Å². The second kappa shape index (κ2) is 11.5. The van der Waals surface area contributed by atoms with Crippen molar-refractivity contribution >= 4 is 17.7 Å². The molecule has 4 rings (SSSR count). The number of ketones is 2. The number of likely N-dealkylation sites (tertiary alicyclic amines) is 1. The highest BCUT2D eigenvalue weighted by atomic mass is 16.6. The zero-order valence-electron chi connectivity index (χ0n) is 28.5. The van der Waals surface area contributed by atoms with Gasteiger partial charge in [0.05, 0.1) is 12.2 Å². The third-order valence-corrected chi connectivity index (χ3v) is 12.9. The van der Waals surface area contributed by atoms with Crippen molar-refractivity contribution in [2.24, 2.45) is 38.4 Å². The zero-order chi connectivity index (χ0) is 32.1. The maximum absolute atomic E-state index is 13.5. The molecule has 0 aromatic heterocycles. The van der Waals surface area contributed by atoms with Crippen LogP contribution in [0.1, 0.15) is 127 Å². The van der Waals surface area contributed by atoms with Gasteiger partial charge in [-0.2, -0.15) is 5.26 Å². The van der Waals surface area contributed by atoms with Crippen LogP contribution in [-0.2, 0) is 14.3 Å². The maximum atomic E-state index is 13.5. The van der Waals surface area contributed by atoms with Crippen molar-refractivity contribution < 1.29 is 19.1 Å². The quantitative estimate of drug-likeness (QED) is 0.267.